The van der Waals surface area contributed by atoms with Gasteiger partial charge in [0.15, 0.2) is 10.9 Å². The summed E-state index contributed by atoms with van der Waals surface area (Å²) in [6.45, 7) is 10.5. The molecule has 3 aromatic rings. The van der Waals surface area contributed by atoms with E-state index >= 15 is 0 Å². The first-order chi connectivity index (χ1) is 14.3. The van der Waals surface area contributed by atoms with Crippen molar-refractivity contribution in [2.24, 2.45) is 0 Å². The maximum atomic E-state index is 13.0. The number of fused-ring (bicyclic) bond motifs is 1. The van der Waals surface area contributed by atoms with Gasteiger partial charge in [0, 0.05) is 30.1 Å². The van der Waals surface area contributed by atoms with Crippen molar-refractivity contribution in [3.05, 3.63) is 57.6 Å². The van der Waals surface area contributed by atoms with Gasteiger partial charge < -0.3 is 9.30 Å². The Kier molecular flexibility index (Phi) is 6.83. The molecular weight excluding hydrogens is 398 g/mol. The van der Waals surface area contributed by atoms with Gasteiger partial charge in [0.2, 0.25) is 0 Å². The fraction of sp³-hybridized carbons (Fsp3) is 0.435. The number of hydrogen-bond donors (Lipinski definition) is 0. The number of ether oxygens (including phenoxy) is 1. The number of rotatable bonds is 8. The molecule has 0 N–H and O–H groups in total. The first kappa shape index (κ1) is 22.3. The summed E-state index contributed by atoms with van der Waals surface area (Å²) in [6, 6.07) is 9.37. The lowest BCUT2D eigenvalue weighted by atomic mass is 10.2. The van der Waals surface area contributed by atoms with Crippen LogP contribution in [0.25, 0.3) is 10.9 Å². The van der Waals surface area contributed by atoms with Crippen molar-refractivity contribution in [3.63, 3.8) is 0 Å². The Morgan fingerprint density at radius 3 is 2.53 bits per heavy atom. The Bertz CT molecular complexity index is 1130. The number of benzene rings is 1. The first-order valence-electron chi connectivity index (χ1n) is 10.1. The minimum Gasteiger partial charge on any atom is -0.383 e. The number of ketones is 1. The monoisotopic (exact) mass is 427 g/mol. The quantitative estimate of drug-likeness (QED) is 0.299. The Morgan fingerprint density at radius 2 is 1.87 bits per heavy atom. The standard InChI is InChI=1S/C23H29N3O3S/c1-14(2)25-22(28)18-9-7-8-10-20(18)24-23(25)30-13-21(27)19-11-15(3)26(17(19)5)16(4)12-29-6/h7-11,14,16H,12-13H2,1-6H3. The molecule has 0 saturated heterocycles. The Morgan fingerprint density at radius 1 is 1.17 bits per heavy atom. The van der Waals surface area contributed by atoms with Crippen molar-refractivity contribution in [1.82, 2.24) is 14.1 Å². The summed E-state index contributed by atoms with van der Waals surface area (Å²) in [6.07, 6.45) is 0. The average Bonchev–Trinajstić information content (AvgIpc) is 3.00. The number of nitrogens with zero attached hydrogens (tertiary/aromatic N) is 3. The third kappa shape index (κ3) is 4.23. The van der Waals surface area contributed by atoms with Gasteiger partial charge in [-0.05, 0) is 52.8 Å². The van der Waals surface area contributed by atoms with E-state index in [1.807, 2.05) is 52.0 Å². The molecule has 3 rings (SSSR count). The van der Waals surface area contributed by atoms with Crippen LogP contribution >= 0.6 is 11.8 Å². The van der Waals surface area contributed by atoms with Crippen LogP contribution in [-0.4, -0.2) is 39.4 Å². The summed E-state index contributed by atoms with van der Waals surface area (Å²) >= 11 is 1.32. The van der Waals surface area contributed by atoms with E-state index in [0.29, 0.717) is 28.2 Å². The summed E-state index contributed by atoms with van der Waals surface area (Å²) in [5.41, 5.74) is 3.27. The number of carbonyl (C=O) groups excluding carboxylic acids is 1. The van der Waals surface area contributed by atoms with Gasteiger partial charge >= 0.3 is 0 Å². The predicted molar refractivity (Wildman–Crippen MR) is 122 cm³/mol. The van der Waals surface area contributed by atoms with E-state index in [1.54, 1.807) is 17.7 Å². The second-order valence-corrected chi connectivity index (χ2v) is 8.79. The van der Waals surface area contributed by atoms with Gasteiger partial charge in [0.1, 0.15) is 0 Å². The molecule has 1 unspecified atom stereocenters. The van der Waals surface area contributed by atoms with Gasteiger partial charge in [-0.2, -0.15) is 0 Å². The minimum absolute atomic E-state index is 0.0293. The largest absolute Gasteiger partial charge is 0.383 e. The molecule has 1 aromatic carbocycles. The van der Waals surface area contributed by atoms with Crippen molar-refractivity contribution in [3.8, 4) is 0 Å². The highest BCUT2D eigenvalue weighted by molar-refractivity contribution is 7.99. The molecule has 0 spiro atoms. The van der Waals surface area contributed by atoms with Crippen LogP contribution in [-0.2, 0) is 4.74 Å². The van der Waals surface area contributed by atoms with Gasteiger partial charge in [0.25, 0.3) is 5.56 Å². The molecule has 1 atom stereocenters. The summed E-state index contributed by atoms with van der Waals surface area (Å²) in [5, 5.41) is 1.17. The summed E-state index contributed by atoms with van der Waals surface area (Å²) in [5.74, 6) is 0.252. The van der Waals surface area contributed by atoms with Crippen LogP contribution in [0.3, 0.4) is 0 Å². The molecule has 0 aliphatic rings. The Balaban J connectivity index is 1.90. The van der Waals surface area contributed by atoms with Crippen LogP contribution < -0.4 is 5.56 Å². The zero-order chi connectivity index (χ0) is 22.0. The van der Waals surface area contributed by atoms with Gasteiger partial charge in [-0.3, -0.25) is 14.2 Å². The van der Waals surface area contributed by atoms with Crippen LogP contribution in [0.5, 0.6) is 0 Å². The number of para-hydroxylation sites is 1. The van der Waals surface area contributed by atoms with Crippen molar-refractivity contribution in [2.45, 2.75) is 51.9 Å². The highest BCUT2D eigenvalue weighted by atomic mass is 32.2. The first-order valence-corrected chi connectivity index (χ1v) is 11.1. The molecule has 7 heteroatoms. The highest BCUT2D eigenvalue weighted by Gasteiger charge is 2.20. The number of methoxy groups -OCH3 is 1. The van der Waals surface area contributed by atoms with Crippen LogP contribution in [0.15, 0.2) is 40.3 Å². The van der Waals surface area contributed by atoms with Crippen molar-refractivity contribution in [2.75, 3.05) is 19.5 Å². The topological polar surface area (TPSA) is 66.1 Å². The van der Waals surface area contributed by atoms with E-state index < -0.39 is 0 Å². The summed E-state index contributed by atoms with van der Waals surface area (Å²) in [7, 11) is 1.68. The minimum atomic E-state index is -0.0721. The normalized spacial score (nSPS) is 12.6. The Hall–Kier alpha value is -2.38. The predicted octanol–water partition coefficient (Wildman–Crippen LogP) is 4.58. The highest BCUT2D eigenvalue weighted by Crippen LogP contribution is 2.25. The van der Waals surface area contributed by atoms with E-state index in [4.69, 9.17) is 4.74 Å². The number of aromatic nitrogens is 3. The maximum absolute atomic E-state index is 13.0. The number of hydrogen-bond acceptors (Lipinski definition) is 5. The van der Waals surface area contributed by atoms with E-state index in [2.05, 4.69) is 16.5 Å². The molecule has 0 aliphatic carbocycles. The molecule has 6 nitrogen and oxygen atoms in total. The molecule has 2 heterocycles. The van der Waals surface area contributed by atoms with Crippen LogP contribution in [0.4, 0.5) is 0 Å². The van der Waals surface area contributed by atoms with Gasteiger partial charge in [-0.25, -0.2) is 4.98 Å². The lowest BCUT2D eigenvalue weighted by Crippen LogP contribution is -2.25. The second kappa shape index (κ2) is 9.18. The zero-order valence-electron chi connectivity index (χ0n) is 18.4. The molecule has 160 valence electrons. The molecule has 2 aromatic heterocycles. The lowest BCUT2D eigenvalue weighted by Gasteiger charge is -2.18. The van der Waals surface area contributed by atoms with E-state index in [1.165, 1.54) is 11.8 Å². The van der Waals surface area contributed by atoms with Gasteiger partial charge in [0.05, 0.1) is 29.3 Å². The smallest absolute Gasteiger partial charge is 0.262 e. The third-order valence-electron chi connectivity index (χ3n) is 5.26. The fourth-order valence-corrected chi connectivity index (χ4v) is 4.96. The molecular formula is C23H29N3O3S. The molecule has 0 bridgehead atoms. The fourth-order valence-electron chi connectivity index (χ4n) is 3.94. The van der Waals surface area contributed by atoms with Gasteiger partial charge in [-0.15, -0.1) is 0 Å². The average molecular weight is 428 g/mol. The molecule has 0 fully saturated rings. The lowest BCUT2D eigenvalue weighted by molar-refractivity contribution is 0.102. The van der Waals surface area contributed by atoms with Gasteiger partial charge in [-0.1, -0.05) is 23.9 Å². The number of carbonyl (C=O) groups is 1. The van der Waals surface area contributed by atoms with Crippen molar-refractivity contribution in [1.29, 1.82) is 0 Å². The number of aryl methyl sites for hydroxylation is 1. The molecule has 0 saturated carbocycles. The van der Waals surface area contributed by atoms with Crippen molar-refractivity contribution < 1.29 is 9.53 Å². The third-order valence-corrected chi connectivity index (χ3v) is 6.21. The van der Waals surface area contributed by atoms with Crippen molar-refractivity contribution >= 4 is 28.4 Å². The summed E-state index contributed by atoms with van der Waals surface area (Å²) in [4.78, 5) is 30.7. The molecule has 0 aliphatic heterocycles. The number of Topliss-reactive ketones (excluding diaryl/α,β-unsaturated/α-hetero) is 1. The maximum Gasteiger partial charge on any atom is 0.262 e. The molecule has 0 radical (unpaired) electrons. The van der Waals surface area contributed by atoms with E-state index in [-0.39, 0.29) is 29.2 Å². The Labute approximate surface area is 181 Å². The van der Waals surface area contributed by atoms with E-state index in [0.717, 1.165) is 11.4 Å². The number of thioether (sulfide) groups is 1. The van der Waals surface area contributed by atoms with Crippen LogP contribution in [0.2, 0.25) is 0 Å². The zero-order valence-corrected chi connectivity index (χ0v) is 19.2. The molecule has 0 amide bonds. The van der Waals surface area contributed by atoms with E-state index in [9.17, 15) is 9.59 Å². The van der Waals surface area contributed by atoms with Crippen LogP contribution in [0, 0.1) is 13.8 Å². The second-order valence-electron chi connectivity index (χ2n) is 7.85. The van der Waals surface area contributed by atoms with Crippen LogP contribution in [0.1, 0.15) is 54.6 Å². The SMILES string of the molecule is COCC(C)n1c(C)cc(C(=O)CSc2nc3ccccc3c(=O)n2C(C)C)c1C. The molecule has 30 heavy (non-hydrogen) atoms. The summed E-state index contributed by atoms with van der Waals surface area (Å²) < 4.78 is 9.08.